The molecule has 92 valence electrons. The maximum absolute atomic E-state index is 4.43. The Labute approximate surface area is 108 Å². The molecule has 1 heterocycles. The van der Waals surface area contributed by atoms with Crippen molar-refractivity contribution in [3.63, 3.8) is 0 Å². The Morgan fingerprint density at radius 1 is 1.39 bits per heavy atom. The van der Waals surface area contributed by atoms with E-state index in [1.165, 1.54) is 0 Å². The molecule has 2 heteroatoms. The second kappa shape index (κ2) is 5.58. The molecule has 0 radical (unpaired) electrons. The summed E-state index contributed by atoms with van der Waals surface area (Å²) in [6.07, 6.45) is 10.8. The predicted octanol–water partition coefficient (Wildman–Crippen LogP) is 4.01. The third-order valence-electron chi connectivity index (χ3n) is 2.81. The lowest BCUT2D eigenvalue weighted by Gasteiger charge is -2.14. The van der Waals surface area contributed by atoms with Crippen molar-refractivity contribution < 1.29 is 0 Å². The predicted molar refractivity (Wildman–Crippen MR) is 77.5 cm³/mol. The van der Waals surface area contributed by atoms with Crippen molar-refractivity contribution in [3.8, 4) is 0 Å². The Balaban J connectivity index is 2.44. The van der Waals surface area contributed by atoms with Gasteiger partial charge in [-0.3, -0.25) is 9.98 Å². The fourth-order valence-electron chi connectivity index (χ4n) is 1.90. The van der Waals surface area contributed by atoms with E-state index in [9.17, 15) is 0 Å². The van der Waals surface area contributed by atoms with Crippen LogP contribution in [-0.2, 0) is 0 Å². The molecule has 2 rings (SSSR count). The van der Waals surface area contributed by atoms with E-state index in [1.54, 1.807) is 12.4 Å². The first-order valence-electron chi connectivity index (χ1n) is 6.25. The van der Waals surface area contributed by atoms with Gasteiger partial charge in [0.25, 0.3) is 0 Å². The van der Waals surface area contributed by atoms with E-state index >= 15 is 0 Å². The van der Waals surface area contributed by atoms with E-state index in [-0.39, 0.29) is 0 Å². The second-order valence-electron chi connectivity index (χ2n) is 4.72. The van der Waals surface area contributed by atoms with Crippen molar-refractivity contribution >= 4 is 11.8 Å². The van der Waals surface area contributed by atoms with Gasteiger partial charge < -0.3 is 0 Å². The van der Waals surface area contributed by atoms with Crippen molar-refractivity contribution in [1.29, 1.82) is 0 Å². The normalized spacial score (nSPS) is 18.4. The average molecular weight is 238 g/mol. The van der Waals surface area contributed by atoms with Crippen molar-refractivity contribution in [2.24, 2.45) is 10.9 Å². The quantitative estimate of drug-likeness (QED) is 0.781. The first kappa shape index (κ1) is 12.5. The van der Waals surface area contributed by atoms with Crippen LogP contribution in [0.1, 0.15) is 31.5 Å². The van der Waals surface area contributed by atoms with Gasteiger partial charge >= 0.3 is 0 Å². The summed E-state index contributed by atoms with van der Waals surface area (Å²) in [5.41, 5.74) is 4.10. The number of aromatic nitrogens is 1. The fourth-order valence-corrected chi connectivity index (χ4v) is 1.90. The van der Waals surface area contributed by atoms with Crippen molar-refractivity contribution in [1.82, 2.24) is 4.98 Å². The van der Waals surface area contributed by atoms with Crippen LogP contribution in [0.25, 0.3) is 6.08 Å². The summed E-state index contributed by atoms with van der Waals surface area (Å²) in [5.74, 6) is 0.640. The van der Waals surface area contributed by atoms with E-state index < -0.39 is 0 Å². The lowest BCUT2D eigenvalue weighted by molar-refractivity contribution is 0.663. The molecule has 0 saturated heterocycles. The zero-order valence-electron chi connectivity index (χ0n) is 10.9. The highest BCUT2D eigenvalue weighted by Crippen LogP contribution is 2.22. The van der Waals surface area contributed by atoms with Gasteiger partial charge in [0.1, 0.15) is 0 Å². The summed E-state index contributed by atoms with van der Waals surface area (Å²) < 4.78 is 0. The van der Waals surface area contributed by atoms with Crippen LogP contribution in [0.5, 0.6) is 0 Å². The van der Waals surface area contributed by atoms with Crippen LogP contribution in [0.2, 0.25) is 0 Å². The van der Waals surface area contributed by atoms with Crippen LogP contribution in [0.15, 0.2) is 53.8 Å². The van der Waals surface area contributed by atoms with Crippen molar-refractivity contribution in [2.75, 3.05) is 0 Å². The number of hydrogen-bond acceptors (Lipinski definition) is 2. The molecule has 0 N–H and O–H groups in total. The third-order valence-corrected chi connectivity index (χ3v) is 2.81. The van der Waals surface area contributed by atoms with Gasteiger partial charge in [0.2, 0.25) is 0 Å². The molecule has 1 aliphatic carbocycles. The van der Waals surface area contributed by atoms with Crippen LogP contribution in [-0.4, -0.2) is 10.7 Å². The zero-order valence-corrected chi connectivity index (χ0v) is 10.9. The Hall–Kier alpha value is -1.96. The van der Waals surface area contributed by atoms with Crippen molar-refractivity contribution in [3.05, 3.63) is 60.1 Å². The maximum atomic E-state index is 4.43. The molecular weight excluding hydrogens is 220 g/mol. The molecule has 0 spiro atoms. The smallest absolute Gasteiger partial charge is 0.0964 e. The highest BCUT2D eigenvalue weighted by Gasteiger charge is 2.16. The van der Waals surface area contributed by atoms with Crippen molar-refractivity contribution in [2.45, 2.75) is 20.3 Å². The fraction of sp³-hybridized carbons (Fsp3) is 0.250. The Morgan fingerprint density at radius 2 is 2.22 bits per heavy atom. The molecule has 2 nitrogen and oxygen atoms in total. The molecule has 0 atom stereocenters. The van der Waals surface area contributed by atoms with Gasteiger partial charge in [-0.25, -0.2) is 0 Å². The van der Waals surface area contributed by atoms with E-state index in [0.29, 0.717) is 5.92 Å². The maximum Gasteiger partial charge on any atom is 0.0964 e. The molecule has 1 aromatic rings. The van der Waals surface area contributed by atoms with Crippen LogP contribution >= 0.6 is 0 Å². The number of pyridine rings is 1. The molecular formula is C16H18N2. The first-order chi connectivity index (χ1) is 8.72. The second-order valence-corrected chi connectivity index (χ2v) is 4.72. The van der Waals surface area contributed by atoms with E-state index in [2.05, 4.69) is 54.7 Å². The molecule has 0 aliphatic heterocycles. The summed E-state index contributed by atoms with van der Waals surface area (Å²) in [7, 11) is 0. The van der Waals surface area contributed by atoms with E-state index in [1.807, 2.05) is 6.07 Å². The molecule has 0 amide bonds. The van der Waals surface area contributed by atoms with Crippen LogP contribution in [0.4, 0.5) is 0 Å². The average Bonchev–Trinajstić information content (AvgIpc) is 2.38. The highest BCUT2D eigenvalue weighted by atomic mass is 14.8. The lowest BCUT2D eigenvalue weighted by atomic mass is 9.94. The van der Waals surface area contributed by atoms with Crippen LogP contribution < -0.4 is 0 Å². The molecule has 1 aliphatic rings. The zero-order chi connectivity index (χ0) is 13.0. The van der Waals surface area contributed by atoms with Gasteiger partial charge in [0.15, 0.2) is 0 Å². The standard InChI is InChI=1S/C16H18N2/c1-4-17-15-14(8-7-12(2)3)10-9-13-6-5-11-18-16(13)15/h4-6,8-12H,1,7H2,2-3H3/b14-8-,17-15?. The molecule has 18 heavy (non-hydrogen) atoms. The molecule has 0 bridgehead atoms. The first-order valence-corrected chi connectivity index (χ1v) is 6.25. The SMILES string of the molecule is C=CN=C1/C(=C\CC(C)C)C=Cc2cccnc21. The van der Waals surface area contributed by atoms with Gasteiger partial charge in [-0.05, 0) is 24.0 Å². The molecule has 0 fully saturated rings. The van der Waals surface area contributed by atoms with E-state index in [4.69, 9.17) is 0 Å². The number of rotatable bonds is 3. The summed E-state index contributed by atoms with van der Waals surface area (Å²) in [6.45, 7) is 8.11. The van der Waals surface area contributed by atoms with E-state index in [0.717, 1.165) is 29.0 Å². The van der Waals surface area contributed by atoms with Gasteiger partial charge in [0.05, 0.1) is 11.4 Å². The number of allylic oxidation sites excluding steroid dienone is 3. The Bertz CT molecular complexity index is 534. The highest BCUT2D eigenvalue weighted by molar-refractivity contribution is 6.17. The summed E-state index contributed by atoms with van der Waals surface area (Å²) in [6, 6.07) is 3.99. The minimum Gasteiger partial charge on any atom is -0.255 e. The lowest BCUT2D eigenvalue weighted by Crippen LogP contribution is -2.11. The summed E-state index contributed by atoms with van der Waals surface area (Å²) in [4.78, 5) is 8.81. The number of fused-ring (bicyclic) bond motifs is 1. The van der Waals surface area contributed by atoms with Crippen LogP contribution in [0, 0.1) is 5.92 Å². The number of nitrogens with zero attached hydrogens (tertiary/aromatic N) is 2. The third kappa shape index (κ3) is 2.65. The van der Waals surface area contributed by atoms with Gasteiger partial charge in [0, 0.05) is 18.0 Å². The molecule has 0 saturated carbocycles. The summed E-state index contributed by atoms with van der Waals surface area (Å²) in [5, 5.41) is 0. The molecule has 0 unspecified atom stereocenters. The molecule has 1 aromatic heterocycles. The summed E-state index contributed by atoms with van der Waals surface area (Å²) >= 11 is 0. The molecule has 0 aromatic carbocycles. The minimum atomic E-state index is 0.640. The Morgan fingerprint density at radius 3 is 2.94 bits per heavy atom. The van der Waals surface area contributed by atoms with Gasteiger partial charge in [-0.1, -0.05) is 44.7 Å². The van der Waals surface area contributed by atoms with Gasteiger partial charge in [-0.2, -0.15) is 0 Å². The van der Waals surface area contributed by atoms with Crippen LogP contribution in [0.3, 0.4) is 0 Å². The van der Waals surface area contributed by atoms with Gasteiger partial charge in [-0.15, -0.1) is 0 Å². The minimum absolute atomic E-state index is 0.640. The Kier molecular flexibility index (Phi) is 3.88. The number of hydrogen-bond donors (Lipinski definition) is 0. The monoisotopic (exact) mass is 238 g/mol. The number of aliphatic imine (C=N–C) groups is 1. The topological polar surface area (TPSA) is 25.2 Å². The largest absolute Gasteiger partial charge is 0.255 e.